The Hall–Kier alpha value is -1.91. The first-order valence-electron chi connectivity index (χ1n) is 6.68. The molecule has 110 valence electrons. The Morgan fingerprint density at radius 3 is 2.67 bits per heavy atom. The molecule has 0 aliphatic heterocycles. The Kier molecular flexibility index (Phi) is 5.31. The zero-order chi connectivity index (χ0) is 15.2. The van der Waals surface area contributed by atoms with Crippen LogP contribution in [0.1, 0.15) is 22.0 Å². The summed E-state index contributed by atoms with van der Waals surface area (Å²) in [5.74, 6) is -0.137. The van der Waals surface area contributed by atoms with E-state index in [1.54, 1.807) is 24.5 Å². The lowest BCUT2D eigenvalue weighted by Gasteiger charge is -2.26. The van der Waals surface area contributed by atoms with E-state index in [-0.39, 0.29) is 11.9 Å². The number of hydrogen-bond donors (Lipinski definition) is 1. The largest absolute Gasteiger partial charge is 0.350 e. The van der Waals surface area contributed by atoms with Crippen LogP contribution in [0.5, 0.6) is 0 Å². The SMILES string of the molecule is CN(C)C(CNC(=O)c1cccnc1)c1ccccc1Cl. The first-order valence-corrected chi connectivity index (χ1v) is 7.06. The number of nitrogens with zero attached hydrogens (tertiary/aromatic N) is 2. The summed E-state index contributed by atoms with van der Waals surface area (Å²) in [7, 11) is 3.93. The highest BCUT2D eigenvalue weighted by Crippen LogP contribution is 2.25. The van der Waals surface area contributed by atoms with Crippen molar-refractivity contribution in [3.05, 3.63) is 64.9 Å². The average molecular weight is 304 g/mol. The van der Waals surface area contributed by atoms with E-state index in [4.69, 9.17) is 11.6 Å². The maximum absolute atomic E-state index is 12.1. The molecular formula is C16H18ClN3O. The molecule has 1 heterocycles. The Morgan fingerprint density at radius 2 is 2.05 bits per heavy atom. The lowest BCUT2D eigenvalue weighted by molar-refractivity contribution is 0.0941. The van der Waals surface area contributed by atoms with Crippen LogP contribution in [0.15, 0.2) is 48.8 Å². The summed E-state index contributed by atoms with van der Waals surface area (Å²) in [5.41, 5.74) is 1.55. The number of benzene rings is 1. The number of pyridine rings is 1. The molecule has 2 rings (SSSR count). The van der Waals surface area contributed by atoms with Crippen molar-refractivity contribution in [2.75, 3.05) is 20.6 Å². The number of aromatic nitrogens is 1. The van der Waals surface area contributed by atoms with Gasteiger partial charge in [-0.25, -0.2) is 0 Å². The van der Waals surface area contributed by atoms with Crippen molar-refractivity contribution in [3.8, 4) is 0 Å². The molecule has 0 radical (unpaired) electrons. The number of amides is 1. The van der Waals surface area contributed by atoms with Gasteiger partial charge in [0.2, 0.25) is 0 Å². The second-order valence-electron chi connectivity index (χ2n) is 4.95. The van der Waals surface area contributed by atoms with E-state index in [0.717, 1.165) is 5.56 Å². The Bertz CT molecular complexity index is 601. The van der Waals surface area contributed by atoms with E-state index in [0.29, 0.717) is 17.1 Å². The topological polar surface area (TPSA) is 45.2 Å². The van der Waals surface area contributed by atoms with Crippen LogP contribution in [0.25, 0.3) is 0 Å². The van der Waals surface area contributed by atoms with Crippen LogP contribution in [-0.2, 0) is 0 Å². The molecule has 1 atom stereocenters. The van der Waals surface area contributed by atoms with Crippen molar-refractivity contribution >= 4 is 17.5 Å². The summed E-state index contributed by atoms with van der Waals surface area (Å²) >= 11 is 6.25. The number of rotatable bonds is 5. The van der Waals surface area contributed by atoms with E-state index in [2.05, 4.69) is 10.3 Å². The molecular weight excluding hydrogens is 286 g/mol. The van der Waals surface area contributed by atoms with Crippen molar-refractivity contribution in [2.24, 2.45) is 0 Å². The first-order chi connectivity index (χ1) is 10.1. The van der Waals surface area contributed by atoms with Crippen molar-refractivity contribution in [2.45, 2.75) is 6.04 Å². The van der Waals surface area contributed by atoms with Gasteiger partial charge in [-0.05, 0) is 37.9 Å². The summed E-state index contributed by atoms with van der Waals surface area (Å²) in [4.78, 5) is 18.1. The average Bonchev–Trinajstić information content (AvgIpc) is 2.49. The first kappa shape index (κ1) is 15.5. The highest BCUT2D eigenvalue weighted by atomic mass is 35.5. The van der Waals surface area contributed by atoms with Gasteiger partial charge in [0, 0.05) is 24.0 Å². The molecule has 0 saturated carbocycles. The van der Waals surface area contributed by atoms with Crippen LogP contribution in [0.2, 0.25) is 5.02 Å². The van der Waals surface area contributed by atoms with E-state index in [1.165, 1.54) is 0 Å². The van der Waals surface area contributed by atoms with Crippen molar-refractivity contribution < 1.29 is 4.79 Å². The molecule has 5 heteroatoms. The number of carbonyl (C=O) groups is 1. The second-order valence-corrected chi connectivity index (χ2v) is 5.36. The zero-order valence-electron chi connectivity index (χ0n) is 12.1. The standard InChI is InChI=1S/C16H18ClN3O/c1-20(2)15(13-7-3-4-8-14(13)17)11-19-16(21)12-6-5-9-18-10-12/h3-10,15H,11H2,1-2H3,(H,19,21). The molecule has 21 heavy (non-hydrogen) atoms. The molecule has 1 aromatic heterocycles. The molecule has 4 nitrogen and oxygen atoms in total. The Labute approximate surface area is 129 Å². The summed E-state index contributed by atoms with van der Waals surface area (Å²) in [5, 5.41) is 3.63. The number of carbonyl (C=O) groups excluding carboxylic acids is 1. The van der Waals surface area contributed by atoms with Crippen molar-refractivity contribution in [1.82, 2.24) is 15.2 Å². The van der Waals surface area contributed by atoms with Gasteiger partial charge in [0.25, 0.3) is 5.91 Å². The molecule has 0 bridgehead atoms. The maximum atomic E-state index is 12.1. The van der Waals surface area contributed by atoms with Crippen LogP contribution in [0.3, 0.4) is 0 Å². The van der Waals surface area contributed by atoms with Gasteiger partial charge >= 0.3 is 0 Å². The fourth-order valence-corrected chi connectivity index (χ4v) is 2.37. The van der Waals surface area contributed by atoms with Gasteiger partial charge in [-0.15, -0.1) is 0 Å². The second kappa shape index (κ2) is 7.20. The van der Waals surface area contributed by atoms with E-state index >= 15 is 0 Å². The van der Waals surface area contributed by atoms with Gasteiger partial charge in [-0.1, -0.05) is 29.8 Å². The minimum Gasteiger partial charge on any atom is -0.350 e. The molecule has 1 unspecified atom stereocenters. The third-order valence-electron chi connectivity index (χ3n) is 3.27. The minimum absolute atomic E-state index is 0.0133. The molecule has 1 aromatic carbocycles. The van der Waals surface area contributed by atoms with Gasteiger partial charge in [0.1, 0.15) is 0 Å². The molecule has 0 spiro atoms. The van der Waals surface area contributed by atoms with Crippen LogP contribution in [0.4, 0.5) is 0 Å². The maximum Gasteiger partial charge on any atom is 0.252 e. The highest BCUT2D eigenvalue weighted by molar-refractivity contribution is 6.31. The molecule has 0 aliphatic rings. The van der Waals surface area contributed by atoms with Gasteiger partial charge in [0.05, 0.1) is 11.6 Å². The summed E-state index contributed by atoms with van der Waals surface area (Å²) in [6.07, 6.45) is 3.19. The number of hydrogen-bond acceptors (Lipinski definition) is 3. The van der Waals surface area contributed by atoms with E-state index in [9.17, 15) is 4.79 Å². The molecule has 1 N–H and O–H groups in total. The van der Waals surface area contributed by atoms with Gasteiger partial charge < -0.3 is 10.2 Å². The normalized spacial score (nSPS) is 12.2. The van der Waals surface area contributed by atoms with Gasteiger partial charge in [-0.3, -0.25) is 9.78 Å². The Morgan fingerprint density at radius 1 is 1.29 bits per heavy atom. The monoisotopic (exact) mass is 303 g/mol. The Balaban J connectivity index is 2.08. The predicted octanol–water partition coefficient (Wildman–Crippen LogP) is 2.77. The van der Waals surface area contributed by atoms with E-state index < -0.39 is 0 Å². The fraction of sp³-hybridized carbons (Fsp3) is 0.250. The molecule has 0 aliphatic carbocycles. The smallest absolute Gasteiger partial charge is 0.252 e. The van der Waals surface area contributed by atoms with Crippen LogP contribution < -0.4 is 5.32 Å². The fourth-order valence-electron chi connectivity index (χ4n) is 2.10. The third-order valence-corrected chi connectivity index (χ3v) is 3.61. The lowest BCUT2D eigenvalue weighted by atomic mass is 10.1. The summed E-state index contributed by atoms with van der Waals surface area (Å²) in [6.45, 7) is 0.477. The molecule has 1 amide bonds. The van der Waals surface area contributed by atoms with Crippen LogP contribution in [0, 0.1) is 0 Å². The highest BCUT2D eigenvalue weighted by Gasteiger charge is 2.18. The van der Waals surface area contributed by atoms with Crippen molar-refractivity contribution in [1.29, 1.82) is 0 Å². The quantitative estimate of drug-likeness (QED) is 0.924. The predicted molar refractivity (Wildman–Crippen MR) is 84.5 cm³/mol. The van der Waals surface area contributed by atoms with E-state index in [1.807, 2.05) is 43.3 Å². The van der Waals surface area contributed by atoms with Crippen LogP contribution in [-0.4, -0.2) is 36.4 Å². The molecule has 0 saturated heterocycles. The van der Waals surface area contributed by atoms with Crippen LogP contribution >= 0.6 is 11.6 Å². The van der Waals surface area contributed by atoms with Crippen molar-refractivity contribution in [3.63, 3.8) is 0 Å². The number of nitrogens with one attached hydrogen (secondary N) is 1. The number of likely N-dealkylation sites (N-methyl/N-ethyl adjacent to an activating group) is 1. The lowest BCUT2D eigenvalue weighted by Crippen LogP contribution is -2.34. The zero-order valence-corrected chi connectivity index (χ0v) is 12.8. The minimum atomic E-state index is -0.137. The molecule has 2 aromatic rings. The molecule has 0 fully saturated rings. The van der Waals surface area contributed by atoms with Gasteiger partial charge in [-0.2, -0.15) is 0 Å². The third kappa shape index (κ3) is 4.03. The van der Waals surface area contributed by atoms with Gasteiger partial charge in [0.15, 0.2) is 0 Å². The summed E-state index contributed by atoms with van der Waals surface area (Å²) in [6, 6.07) is 11.2. The summed E-state index contributed by atoms with van der Waals surface area (Å²) < 4.78 is 0. The number of halogens is 1.